The van der Waals surface area contributed by atoms with E-state index in [9.17, 15) is 14.4 Å². The van der Waals surface area contributed by atoms with Crippen molar-refractivity contribution in [2.75, 3.05) is 11.9 Å². The van der Waals surface area contributed by atoms with Gasteiger partial charge in [0.15, 0.2) is 12.4 Å². The van der Waals surface area contributed by atoms with Crippen molar-refractivity contribution in [1.82, 2.24) is 9.55 Å². The van der Waals surface area contributed by atoms with E-state index in [2.05, 4.69) is 31.1 Å². The van der Waals surface area contributed by atoms with Gasteiger partial charge in [-0.15, -0.1) is 11.3 Å². The highest BCUT2D eigenvalue weighted by molar-refractivity contribution is 7.18. The Morgan fingerprint density at radius 3 is 2.85 bits per heavy atom. The van der Waals surface area contributed by atoms with Gasteiger partial charge in [-0.2, -0.15) is 0 Å². The third-order valence-corrected chi connectivity index (χ3v) is 8.08. The first-order chi connectivity index (χ1) is 15.6. The summed E-state index contributed by atoms with van der Waals surface area (Å²) in [5.74, 6) is 0.617. The lowest BCUT2D eigenvalue weighted by Crippen LogP contribution is -2.30. The zero-order valence-corrected chi connectivity index (χ0v) is 20.0. The van der Waals surface area contributed by atoms with Crippen LogP contribution in [0.5, 0.6) is 5.75 Å². The highest BCUT2D eigenvalue weighted by Gasteiger charge is 2.32. The number of nitrogens with zero attached hydrogens (tertiary/aromatic N) is 2. The highest BCUT2D eigenvalue weighted by Crippen LogP contribution is 2.42. The van der Waals surface area contributed by atoms with Crippen LogP contribution in [0.3, 0.4) is 0 Å². The SMILES string of the molecule is CC(C(=O)c1ccc2c(c1)NC(=O)CO2)n1cnc2sc3c(c2c1=O)CCC(C(C)(C)C)C3. The molecule has 0 fully saturated rings. The minimum atomic E-state index is -0.728. The number of rotatable bonds is 3. The number of benzene rings is 1. The third-order valence-electron chi connectivity index (χ3n) is 6.91. The van der Waals surface area contributed by atoms with Gasteiger partial charge in [0, 0.05) is 10.4 Å². The molecule has 0 radical (unpaired) electrons. The van der Waals surface area contributed by atoms with Gasteiger partial charge < -0.3 is 10.1 Å². The van der Waals surface area contributed by atoms with Crippen LogP contribution < -0.4 is 15.6 Å². The van der Waals surface area contributed by atoms with Crippen LogP contribution >= 0.6 is 11.3 Å². The van der Waals surface area contributed by atoms with Crippen LogP contribution in [0.15, 0.2) is 29.3 Å². The van der Waals surface area contributed by atoms with E-state index in [-0.39, 0.29) is 29.3 Å². The number of hydrogen-bond donors (Lipinski definition) is 1. The van der Waals surface area contributed by atoms with E-state index >= 15 is 0 Å². The average molecular weight is 466 g/mol. The summed E-state index contributed by atoms with van der Waals surface area (Å²) in [6.45, 7) is 8.48. The molecule has 2 atom stereocenters. The van der Waals surface area contributed by atoms with Crippen LogP contribution in [0.4, 0.5) is 5.69 Å². The minimum absolute atomic E-state index is 0.0424. The maximum Gasteiger partial charge on any atom is 0.263 e. The van der Waals surface area contributed by atoms with E-state index in [1.165, 1.54) is 15.8 Å². The molecule has 1 aromatic carbocycles. The van der Waals surface area contributed by atoms with Gasteiger partial charge in [0.1, 0.15) is 10.6 Å². The molecule has 1 amide bonds. The Kier molecular flexibility index (Phi) is 5.16. The maximum atomic E-state index is 13.5. The number of fused-ring (bicyclic) bond motifs is 4. The molecule has 3 heterocycles. The molecule has 2 aromatic heterocycles. The quantitative estimate of drug-likeness (QED) is 0.580. The number of carbonyl (C=O) groups excluding carboxylic acids is 2. The van der Waals surface area contributed by atoms with Crippen molar-refractivity contribution in [2.45, 2.75) is 53.0 Å². The Morgan fingerprint density at radius 2 is 2.09 bits per heavy atom. The molecule has 1 aliphatic carbocycles. The number of carbonyl (C=O) groups is 2. The number of ether oxygens (including phenoxy) is 1. The zero-order valence-electron chi connectivity index (χ0n) is 19.2. The number of amides is 1. The van der Waals surface area contributed by atoms with Crippen molar-refractivity contribution in [3.63, 3.8) is 0 Å². The molecule has 2 aliphatic rings. The molecular weight excluding hydrogens is 438 g/mol. The van der Waals surface area contributed by atoms with Gasteiger partial charge in [-0.05, 0) is 61.3 Å². The number of aromatic nitrogens is 2. The monoisotopic (exact) mass is 465 g/mol. The van der Waals surface area contributed by atoms with E-state index in [1.54, 1.807) is 36.5 Å². The van der Waals surface area contributed by atoms with Crippen LogP contribution in [0, 0.1) is 11.3 Å². The molecule has 0 saturated heterocycles. The van der Waals surface area contributed by atoms with Crippen molar-refractivity contribution in [2.24, 2.45) is 11.3 Å². The summed E-state index contributed by atoms with van der Waals surface area (Å²) in [4.78, 5) is 44.9. The number of anilines is 1. The molecule has 172 valence electrons. The normalized spacial score (nSPS) is 18.8. The van der Waals surface area contributed by atoms with Crippen molar-refractivity contribution in [1.29, 1.82) is 0 Å². The first-order valence-corrected chi connectivity index (χ1v) is 12.1. The summed E-state index contributed by atoms with van der Waals surface area (Å²) in [6.07, 6.45) is 4.37. The van der Waals surface area contributed by atoms with Crippen LogP contribution in [-0.2, 0) is 17.6 Å². The van der Waals surface area contributed by atoms with Gasteiger partial charge in [0.2, 0.25) is 0 Å². The first-order valence-electron chi connectivity index (χ1n) is 11.3. The van der Waals surface area contributed by atoms with Crippen LogP contribution in [-0.4, -0.2) is 27.8 Å². The van der Waals surface area contributed by atoms with E-state index in [0.29, 0.717) is 28.3 Å². The Morgan fingerprint density at radius 1 is 1.30 bits per heavy atom. The Labute approximate surface area is 195 Å². The Balaban J connectivity index is 1.49. The van der Waals surface area contributed by atoms with Crippen LogP contribution in [0.25, 0.3) is 10.2 Å². The predicted octanol–water partition coefficient (Wildman–Crippen LogP) is 4.38. The standard InChI is InChI=1S/C25H27N3O4S/c1-13(22(30)14-5-8-18-17(9-14)27-20(29)11-32-18)28-12-26-23-21(24(28)31)16-7-6-15(25(2,3)4)10-19(16)33-23/h5,8-9,12-13,15H,6-7,10-11H2,1-4H3,(H,27,29). The molecule has 0 spiro atoms. The van der Waals surface area contributed by atoms with E-state index in [4.69, 9.17) is 4.74 Å². The van der Waals surface area contributed by atoms with Crippen LogP contribution in [0.1, 0.15) is 61.0 Å². The van der Waals surface area contributed by atoms with Gasteiger partial charge in [0.25, 0.3) is 11.5 Å². The fourth-order valence-corrected chi connectivity index (χ4v) is 6.06. The van der Waals surface area contributed by atoms with Crippen molar-refractivity contribution in [3.8, 4) is 5.75 Å². The topological polar surface area (TPSA) is 90.3 Å². The maximum absolute atomic E-state index is 13.5. The summed E-state index contributed by atoms with van der Waals surface area (Å²) in [5.41, 5.74) is 2.03. The number of nitrogens with one attached hydrogen (secondary N) is 1. The predicted molar refractivity (Wildman–Crippen MR) is 128 cm³/mol. The van der Waals surface area contributed by atoms with Gasteiger partial charge >= 0.3 is 0 Å². The molecule has 0 saturated carbocycles. The van der Waals surface area contributed by atoms with E-state index in [0.717, 1.165) is 29.7 Å². The summed E-state index contributed by atoms with van der Waals surface area (Å²) < 4.78 is 6.80. The summed E-state index contributed by atoms with van der Waals surface area (Å²) in [6, 6.07) is 4.20. The molecular formula is C25H27N3O4S. The molecule has 33 heavy (non-hydrogen) atoms. The summed E-state index contributed by atoms with van der Waals surface area (Å²) in [5, 5.41) is 3.38. The van der Waals surface area contributed by atoms with Crippen molar-refractivity contribution in [3.05, 3.63) is 50.9 Å². The third kappa shape index (κ3) is 3.76. The lowest BCUT2D eigenvalue weighted by atomic mass is 9.72. The molecule has 7 nitrogen and oxygen atoms in total. The second kappa shape index (κ2) is 7.80. The van der Waals surface area contributed by atoms with Gasteiger partial charge in [0.05, 0.1) is 23.4 Å². The highest BCUT2D eigenvalue weighted by atomic mass is 32.1. The lowest BCUT2D eigenvalue weighted by Gasteiger charge is -2.33. The smallest absolute Gasteiger partial charge is 0.263 e. The number of aryl methyl sites for hydroxylation is 1. The lowest BCUT2D eigenvalue weighted by molar-refractivity contribution is -0.118. The first kappa shape index (κ1) is 21.8. The Hall–Kier alpha value is -3.00. The molecule has 1 aliphatic heterocycles. The van der Waals surface area contributed by atoms with Gasteiger partial charge in [-0.1, -0.05) is 20.8 Å². The van der Waals surface area contributed by atoms with Crippen molar-refractivity contribution >= 4 is 38.9 Å². The average Bonchev–Trinajstić information content (AvgIpc) is 3.16. The van der Waals surface area contributed by atoms with Crippen LogP contribution in [0.2, 0.25) is 0 Å². The van der Waals surface area contributed by atoms with E-state index < -0.39 is 6.04 Å². The fourth-order valence-electron chi connectivity index (χ4n) is 4.80. The largest absolute Gasteiger partial charge is 0.482 e. The number of Topliss-reactive ketones (excluding diaryl/α,β-unsaturated/α-hetero) is 1. The summed E-state index contributed by atoms with van der Waals surface area (Å²) in [7, 11) is 0. The zero-order chi connectivity index (χ0) is 23.5. The molecule has 3 aromatic rings. The number of hydrogen-bond acceptors (Lipinski definition) is 6. The van der Waals surface area contributed by atoms with Gasteiger partial charge in [-0.3, -0.25) is 19.0 Å². The molecule has 5 rings (SSSR count). The molecule has 8 heteroatoms. The molecule has 1 N–H and O–H groups in total. The Bertz CT molecular complexity index is 1350. The summed E-state index contributed by atoms with van der Waals surface area (Å²) >= 11 is 1.61. The van der Waals surface area contributed by atoms with Crippen molar-refractivity contribution < 1.29 is 14.3 Å². The fraction of sp³-hybridized carbons (Fsp3) is 0.440. The number of thiophene rings is 1. The second-order valence-electron chi connectivity index (χ2n) is 10.0. The van der Waals surface area contributed by atoms with E-state index in [1.807, 2.05) is 0 Å². The number of ketones is 1. The molecule has 2 unspecified atom stereocenters. The second-order valence-corrected chi connectivity index (χ2v) is 11.1. The molecule has 0 bridgehead atoms. The minimum Gasteiger partial charge on any atom is -0.482 e. The van der Waals surface area contributed by atoms with Gasteiger partial charge in [-0.25, -0.2) is 4.98 Å².